The lowest BCUT2D eigenvalue weighted by Crippen LogP contribution is -1.94. The van der Waals surface area contributed by atoms with Gasteiger partial charge < -0.3 is 5.11 Å². The van der Waals surface area contributed by atoms with E-state index in [1.54, 1.807) is 12.1 Å². The molecule has 1 N–H and O–H groups in total. The van der Waals surface area contributed by atoms with Crippen molar-refractivity contribution in [1.29, 1.82) is 0 Å². The van der Waals surface area contributed by atoms with Crippen LogP contribution in [0.5, 0.6) is 5.75 Å². The third-order valence-electron chi connectivity index (χ3n) is 3.47. The lowest BCUT2D eigenvalue weighted by Gasteiger charge is -2.07. The van der Waals surface area contributed by atoms with Gasteiger partial charge in [0, 0.05) is 10.6 Å². The zero-order chi connectivity index (χ0) is 13.4. The Balaban J connectivity index is 2.15. The maximum Gasteiger partial charge on any atom is 0.125 e. The number of hydrogen-bond acceptors (Lipinski definition) is 2. The van der Waals surface area contributed by atoms with E-state index in [4.69, 9.17) is 11.6 Å². The lowest BCUT2D eigenvalue weighted by molar-refractivity contribution is 0.474. The van der Waals surface area contributed by atoms with Crippen molar-refractivity contribution in [2.24, 2.45) is 4.99 Å². The fraction of sp³-hybridized carbons (Fsp3) is 0.188. The second-order valence-corrected chi connectivity index (χ2v) is 5.26. The molecule has 0 amide bonds. The van der Waals surface area contributed by atoms with Gasteiger partial charge in [-0.1, -0.05) is 36.7 Å². The van der Waals surface area contributed by atoms with E-state index in [2.05, 4.69) is 11.9 Å². The van der Waals surface area contributed by atoms with Crippen molar-refractivity contribution in [1.82, 2.24) is 0 Å². The van der Waals surface area contributed by atoms with Crippen LogP contribution in [-0.2, 0) is 0 Å². The molecular formula is C16H14ClNO. The molecule has 2 nitrogen and oxygen atoms in total. The molecule has 0 saturated heterocycles. The number of fused-ring (bicyclic) bond motifs is 1. The number of rotatable bonds is 1. The summed E-state index contributed by atoms with van der Waals surface area (Å²) in [6.07, 6.45) is 0.807. The standard InChI is InChI=1S/C16H14ClNO/c1-10-9-13(18-11-5-3-2-4-6-11)16-14(19)8-7-12(17)15(10)16/h2-8,10,19H,9H2,1H3. The topological polar surface area (TPSA) is 32.6 Å². The Labute approximate surface area is 117 Å². The van der Waals surface area contributed by atoms with Gasteiger partial charge in [0.1, 0.15) is 5.75 Å². The fourth-order valence-corrected chi connectivity index (χ4v) is 2.97. The van der Waals surface area contributed by atoms with Crippen LogP contribution in [0.4, 0.5) is 5.69 Å². The second kappa shape index (κ2) is 4.71. The van der Waals surface area contributed by atoms with Crippen LogP contribution < -0.4 is 0 Å². The number of phenolic OH excluding ortho intramolecular Hbond substituents is 1. The van der Waals surface area contributed by atoms with Crippen molar-refractivity contribution in [2.75, 3.05) is 0 Å². The van der Waals surface area contributed by atoms with Gasteiger partial charge in [0.05, 0.1) is 11.4 Å². The summed E-state index contributed by atoms with van der Waals surface area (Å²) in [6, 6.07) is 13.2. The van der Waals surface area contributed by atoms with Gasteiger partial charge >= 0.3 is 0 Å². The second-order valence-electron chi connectivity index (χ2n) is 4.85. The molecule has 1 atom stereocenters. The number of aliphatic imine (C=N–C) groups is 1. The molecule has 3 rings (SSSR count). The normalized spacial score (nSPS) is 19.7. The zero-order valence-electron chi connectivity index (χ0n) is 10.6. The van der Waals surface area contributed by atoms with Gasteiger partial charge in [0.2, 0.25) is 0 Å². The first-order valence-electron chi connectivity index (χ1n) is 6.31. The van der Waals surface area contributed by atoms with E-state index in [1.807, 2.05) is 30.3 Å². The van der Waals surface area contributed by atoms with Gasteiger partial charge in [-0.3, -0.25) is 4.99 Å². The molecule has 2 aromatic rings. The van der Waals surface area contributed by atoms with E-state index in [1.165, 1.54) is 0 Å². The Morgan fingerprint density at radius 3 is 2.63 bits per heavy atom. The molecule has 0 saturated carbocycles. The maximum absolute atomic E-state index is 10.1. The summed E-state index contributed by atoms with van der Waals surface area (Å²) in [7, 11) is 0. The number of nitrogens with zero attached hydrogens (tertiary/aromatic N) is 1. The van der Waals surface area contributed by atoms with E-state index in [0.717, 1.165) is 28.9 Å². The van der Waals surface area contributed by atoms with E-state index < -0.39 is 0 Å². The van der Waals surface area contributed by atoms with Gasteiger partial charge in [0.15, 0.2) is 0 Å². The molecule has 0 heterocycles. The molecule has 0 radical (unpaired) electrons. The summed E-state index contributed by atoms with van der Waals surface area (Å²) < 4.78 is 0. The van der Waals surface area contributed by atoms with Crippen molar-refractivity contribution in [3.05, 3.63) is 58.6 Å². The highest BCUT2D eigenvalue weighted by atomic mass is 35.5. The number of aromatic hydroxyl groups is 1. The number of benzene rings is 2. The lowest BCUT2D eigenvalue weighted by atomic mass is 10.0. The number of hydrogen-bond donors (Lipinski definition) is 1. The molecule has 0 spiro atoms. The SMILES string of the molecule is CC1CC(=Nc2ccccc2)c2c(O)ccc(Cl)c21. The summed E-state index contributed by atoms with van der Waals surface area (Å²) in [4.78, 5) is 4.65. The fourth-order valence-electron chi connectivity index (χ4n) is 2.62. The molecular weight excluding hydrogens is 258 g/mol. The quantitative estimate of drug-likeness (QED) is 0.803. The highest BCUT2D eigenvalue weighted by molar-refractivity contribution is 6.32. The minimum Gasteiger partial charge on any atom is -0.507 e. The van der Waals surface area contributed by atoms with Crippen molar-refractivity contribution >= 4 is 23.0 Å². The van der Waals surface area contributed by atoms with Crippen LogP contribution in [0.25, 0.3) is 0 Å². The van der Waals surface area contributed by atoms with Gasteiger partial charge in [-0.05, 0) is 42.2 Å². The molecule has 96 valence electrons. The van der Waals surface area contributed by atoms with Crippen LogP contribution in [0, 0.1) is 0 Å². The van der Waals surface area contributed by atoms with Crippen LogP contribution in [0.3, 0.4) is 0 Å². The minimum atomic E-state index is 0.262. The highest BCUT2D eigenvalue weighted by Gasteiger charge is 2.29. The molecule has 1 aliphatic rings. The first-order valence-corrected chi connectivity index (χ1v) is 6.69. The smallest absolute Gasteiger partial charge is 0.125 e. The average Bonchev–Trinajstić information content (AvgIpc) is 2.73. The Hall–Kier alpha value is -1.80. The molecule has 0 aromatic heterocycles. The van der Waals surface area contributed by atoms with Crippen molar-refractivity contribution in [3.63, 3.8) is 0 Å². The molecule has 0 bridgehead atoms. The molecule has 3 heteroatoms. The Kier molecular flexibility index (Phi) is 3.03. The van der Waals surface area contributed by atoms with E-state index in [9.17, 15) is 5.11 Å². The summed E-state index contributed by atoms with van der Waals surface area (Å²) in [5.41, 5.74) is 3.63. The average molecular weight is 272 g/mol. The minimum absolute atomic E-state index is 0.262. The number of halogens is 1. The van der Waals surface area contributed by atoms with Gasteiger partial charge in [-0.25, -0.2) is 0 Å². The molecule has 1 aliphatic carbocycles. The predicted molar refractivity (Wildman–Crippen MR) is 78.8 cm³/mol. The van der Waals surface area contributed by atoms with Crippen LogP contribution in [0.15, 0.2) is 47.5 Å². The van der Waals surface area contributed by atoms with Crippen LogP contribution in [-0.4, -0.2) is 10.8 Å². The molecule has 2 aromatic carbocycles. The molecule has 0 fully saturated rings. The third kappa shape index (κ3) is 2.13. The predicted octanol–water partition coefficient (Wildman–Crippen LogP) is 4.67. The molecule has 19 heavy (non-hydrogen) atoms. The van der Waals surface area contributed by atoms with E-state index in [0.29, 0.717) is 5.02 Å². The van der Waals surface area contributed by atoms with E-state index >= 15 is 0 Å². The van der Waals surface area contributed by atoms with Gasteiger partial charge in [0.25, 0.3) is 0 Å². The van der Waals surface area contributed by atoms with Gasteiger partial charge in [-0.15, -0.1) is 0 Å². The first kappa shape index (κ1) is 12.2. The molecule has 1 unspecified atom stereocenters. The third-order valence-corrected chi connectivity index (χ3v) is 3.80. The number of para-hydroxylation sites is 1. The van der Waals surface area contributed by atoms with Crippen LogP contribution >= 0.6 is 11.6 Å². The summed E-state index contributed by atoms with van der Waals surface area (Å²) in [6.45, 7) is 2.11. The zero-order valence-corrected chi connectivity index (χ0v) is 11.4. The Bertz CT molecular complexity index is 649. The summed E-state index contributed by atoms with van der Waals surface area (Å²) >= 11 is 6.24. The van der Waals surface area contributed by atoms with Crippen molar-refractivity contribution in [3.8, 4) is 5.75 Å². The van der Waals surface area contributed by atoms with E-state index in [-0.39, 0.29) is 11.7 Å². The van der Waals surface area contributed by atoms with Gasteiger partial charge in [-0.2, -0.15) is 0 Å². The van der Waals surface area contributed by atoms with Crippen molar-refractivity contribution in [2.45, 2.75) is 19.3 Å². The highest BCUT2D eigenvalue weighted by Crippen LogP contribution is 2.42. The van der Waals surface area contributed by atoms with Crippen LogP contribution in [0.1, 0.15) is 30.4 Å². The largest absolute Gasteiger partial charge is 0.507 e. The number of phenols is 1. The monoisotopic (exact) mass is 271 g/mol. The summed E-state index contributed by atoms with van der Waals surface area (Å²) in [5, 5.41) is 10.8. The maximum atomic E-state index is 10.1. The molecule has 0 aliphatic heterocycles. The summed E-state index contributed by atoms with van der Waals surface area (Å²) in [5.74, 6) is 0.551. The van der Waals surface area contributed by atoms with Crippen LogP contribution in [0.2, 0.25) is 5.02 Å². The Morgan fingerprint density at radius 1 is 1.16 bits per heavy atom. The first-order chi connectivity index (χ1) is 9.16. The Morgan fingerprint density at radius 2 is 1.89 bits per heavy atom. The van der Waals surface area contributed by atoms with Crippen molar-refractivity contribution < 1.29 is 5.11 Å².